The van der Waals surface area contributed by atoms with E-state index in [1.54, 1.807) is 0 Å². The Labute approximate surface area is 94.3 Å². The summed E-state index contributed by atoms with van der Waals surface area (Å²) in [4.78, 5) is 21.9. The van der Waals surface area contributed by atoms with Crippen molar-refractivity contribution in [3.05, 3.63) is 0 Å². The molecule has 1 amide bonds. The Balaban J connectivity index is 4.08. The number of thiol groups is 2. The highest BCUT2D eigenvalue weighted by Crippen LogP contribution is 2.04. The molecule has 0 bridgehead atoms. The van der Waals surface area contributed by atoms with Crippen LogP contribution in [-0.2, 0) is 9.59 Å². The third-order valence-electron chi connectivity index (χ3n) is 1.66. The highest BCUT2D eigenvalue weighted by Gasteiger charge is 2.21. The van der Waals surface area contributed by atoms with E-state index >= 15 is 0 Å². The minimum atomic E-state index is -1.08. The van der Waals surface area contributed by atoms with E-state index in [9.17, 15) is 9.59 Å². The molecule has 14 heavy (non-hydrogen) atoms. The van der Waals surface area contributed by atoms with Crippen molar-refractivity contribution in [1.82, 2.24) is 5.32 Å². The molecule has 0 radical (unpaired) electrons. The number of carbonyl (C=O) groups excluding carboxylic acids is 1. The van der Waals surface area contributed by atoms with Crippen molar-refractivity contribution in [3.63, 3.8) is 0 Å². The summed E-state index contributed by atoms with van der Waals surface area (Å²) in [5.74, 6) is -1.35. The first-order valence-corrected chi connectivity index (χ1v) is 5.49. The third-order valence-corrected chi connectivity index (χ3v) is 2.52. The van der Waals surface area contributed by atoms with Crippen molar-refractivity contribution in [2.24, 2.45) is 0 Å². The lowest BCUT2D eigenvalue weighted by Gasteiger charge is -2.15. The number of carboxylic acid groups (broad SMARTS) is 1. The van der Waals surface area contributed by atoms with E-state index in [4.69, 9.17) is 5.11 Å². The molecule has 0 aliphatic heterocycles. The molecule has 0 heterocycles. The molecule has 2 unspecified atom stereocenters. The summed E-state index contributed by atoms with van der Waals surface area (Å²) in [6, 6.07) is -0.933. The van der Waals surface area contributed by atoms with Gasteiger partial charge in [0.25, 0.3) is 0 Å². The normalized spacial score (nSPS) is 14.5. The summed E-state index contributed by atoms with van der Waals surface area (Å²) in [5, 5.41) is 10.6. The number of carboxylic acids is 1. The minimum absolute atomic E-state index is 0.0771. The van der Waals surface area contributed by atoms with E-state index in [1.807, 2.05) is 6.92 Å². The van der Waals surface area contributed by atoms with E-state index in [0.29, 0.717) is 6.42 Å². The van der Waals surface area contributed by atoms with Gasteiger partial charge in [-0.25, -0.2) is 4.79 Å². The maximum absolute atomic E-state index is 11.3. The van der Waals surface area contributed by atoms with Gasteiger partial charge in [-0.2, -0.15) is 25.3 Å². The number of nitrogens with one attached hydrogen (secondary N) is 1. The van der Waals surface area contributed by atoms with Crippen LogP contribution in [0.1, 0.15) is 19.8 Å². The van der Waals surface area contributed by atoms with Gasteiger partial charge in [-0.1, -0.05) is 13.3 Å². The van der Waals surface area contributed by atoms with Gasteiger partial charge in [0.2, 0.25) is 5.91 Å². The van der Waals surface area contributed by atoms with Crippen molar-refractivity contribution in [1.29, 1.82) is 0 Å². The van der Waals surface area contributed by atoms with E-state index in [1.165, 1.54) is 0 Å². The predicted octanol–water partition coefficient (Wildman–Crippen LogP) is 0.584. The molecule has 0 aromatic carbocycles. The van der Waals surface area contributed by atoms with Crippen LogP contribution in [0.25, 0.3) is 0 Å². The van der Waals surface area contributed by atoms with E-state index in [2.05, 4.69) is 30.6 Å². The topological polar surface area (TPSA) is 66.4 Å². The molecule has 2 atom stereocenters. The molecule has 82 valence electrons. The molecule has 0 aliphatic carbocycles. The van der Waals surface area contributed by atoms with Crippen molar-refractivity contribution >= 4 is 37.1 Å². The molecule has 0 aromatic rings. The summed E-state index contributed by atoms with van der Waals surface area (Å²) >= 11 is 7.89. The van der Waals surface area contributed by atoms with Crippen LogP contribution in [0.3, 0.4) is 0 Å². The van der Waals surface area contributed by atoms with E-state index < -0.39 is 17.3 Å². The zero-order chi connectivity index (χ0) is 11.1. The molecule has 0 aromatic heterocycles. The second-order valence-electron chi connectivity index (χ2n) is 2.89. The largest absolute Gasteiger partial charge is 0.480 e. The van der Waals surface area contributed by atoms with E-state index in [0.717, 1.165) is 6.42 Å². The summed E-state index contributed by atoms with van der Waals surface area (Å²) in [7, 11) is 0. The Hall–Kier alpha value is -0.360. The van der Waals surface area contributed by atoms with Crippen LogP contribution in [-0.4, -0.2) is 34.0 Å². The molecule has 2 N–H and O–H groups in total. The van der Waals surface area contributed by atoms with Crippen LogP contribution in [0.2, 0.25) is 0 Å². The molecule has 4 nitrogen and oxygen atoms in total. The Morgan fingerprint density at radius 2 is 2.07 bits per heavy atom. The van der Waals surface area contributed by atoms with Crippen molar-refractivity contribution in [3.8, 4) is 0 Å². The number of hydrogen-bond acceptors (Lipinski definition) is 4. The summed E-state index contributed by atoms with van der Waals surface area (Å²) in [6.07, 6.45) is 1.47. The molecule has 6 heteroatoms. The quantitative estimate of drug-likeness (QED) is 0.511. The summed E-state index contributed by atoms with van der Waals surface area (Å²) in [5.41, 5.74) is 0. The van der Waals surface area contributed by atoms with Crippen molar-refractivity contribution < 1.29 is 14.7 Å². The number of carbonyl (C=O) groups is 2. The van der Waals surface area contributed by atoms with Crippen LogP contribution in [0, 0.1) is 0 Å². The van der Waals surface area contributed by atoms with Gasteiger partial charge in [0.15, 0.2) is 0 Å². The van der Waals surface area contributed by atoms with Crippen molar-refractivity contribution in [2.45, 2.75) is 31.1 Å². The molecule has 0 saturated heterocycles. The Morgan fingerprint density at radius 1 is 1.50 bits per heavy atom. The SMILES string of the molecule is CCCC(S)C(=O)NC(CS)C(=O)O. The molecular weight excluding hydrogens is 222 g/mol. The van der Waals surface area contributed by atoms with Crippen LogP contribution >= 0.6 is 25.3 Å². The molecule has 0 rings (SSSR count). The zero-order valence-electron chi connectivity index (χ0n) is 7.93. The van der Waals surface area contributed by atoms with Gasteiger partial charge in [-0.15, -0.1) is 0 Å². The van der Waals surface area contributed by atoms with Gasteiger partial charge < -0.3 is 10.4 Å². The lowest BCUT2D eigenvalue weighted by Crippen LogP contribution is -2.45. The standard InChI is InChI=1S/C8H15NO3S2/c1-2-3-6(14)7(10)9-5(4-13)8(11)12/h5-6,13-14H,2-4H2,1H3,(H,9,10)(H,11,12). The maximum atomic E-state index is 11.3. The molecule has 0 fully saturated rings. The predicted molar refractivity (Wildman–Crippen MR) is 61.1 cm³/mol. The maximum Gasteiger partial charge on any atom is 0.327 e. The first kappa shape index (κ1) is 13.6. The first-order chi connectivity index (χ1) is 6.52. The molecule has 0 spiro atoms. The smallest absolute Gasteiger partial charge is 0.327 e. The molecular formula is C8H15NO3S2. The van der Waals surface area contributed by atoms with Gasteiger partial charge in [-0.05, 0) is 6.42 Å². The minimum Gasteiger partial charge on any atom is -0.480 e. The van der Waals surface area contributed by atoms with Gasteiger partial charge in [-0.3, -0.25) is 4.79 Å². The first-order valence-electron chi connectivity index (χ1n) is 4.35. The Kier molecular flexibility index (Phi) is 6.82. The van der Waals surface area contributed by atoms with Gasteiger partial charge in [0.1, 0.15) is 6.04 Å². The van der Waals surface area contributed by atoms with Gasteiger partial charge in [0, 0.05) is 5.75 Å². The highest BCUT2D eigenvalue weighted by molar-refractivity contribution is 7.81. The second-order valence-corrected chi connectivity index (χ2v) is 3.87. The van der Waals surface area contributed by atoms with Crippen molar-refractivity contribution in [2.75, 3.05) is 5.75 Å². The van der Waals surface area contributed by atoms with Crippen LogP contribution in [0.15, 0.2) is 0 Å². The fourth-order valence-electron chi connectivity index (χ4n) is 0.858. The highest BCUT2D eigenvalue weighted by atomic mass is 32.1. The fraction of sp³-hybridized carbons (Fsp3) is 0.750. The average Bonchev–Trinajstić information content (AvgIpc) is 2.13. The number of hydrogen-bond donors (Lipinski definition) is 4. The lowest BCUT2D eigenvalue weighted by atomic mass is 10.2. The van der Waals surface area contributed by atoms with Gasteiger partial charge >= 0.3 is 5.97 Å². The van der Waals surface area contributed by atoms with E-state index in [-0.39, 0.29) is 11.7 Å². The lowest BCUT2D eigenvalue weighted by molar-refractivity contribution is -0.141. The van der Waals surface area contributed by atoms with Crippen LogP contribution in [0.4, 0.5) is 0 Å². The summed E-state index contributed by atoms with van der Waals surface area (Å²) < 4.78 is 0. The number of amides is 1. The molecule has 0 saturated carbocycles. The Bertz CT molecular complexity index is 211. The molecule has 0 aliphatic rings. The summed E-state index contributed by atoms with van der Waals surface area (Å²) in [6.45, 7) is 1.93. The number of aliphatic carboxylic acids is 1. The monoisotopic (exact) mass is 237 g/mol. The number of rotatable bonds is 6. The van der Waals surface area contributed by atoms with Gasteiger partial charge in [0.05, 0.1) is 5.25 Å². The zero-order valence-corrected chi connectivity index (χ0v) is 9.72. The third kappa shape index (κ3) is 4.76. The van der Waals surface area contributed by atoms with Crippen LogP contribution in [0.5, 0.6) is 0 Å². The second kappa shape index (κ2) is 7.00. The fourth-order valence-corrected chi connectivity index (χ4v) is 1.44. The Morgan fingerprint density at radius 3 is 2.43 bits per heavy atom. The van der Waals surface area contributed by atoms with Crippen LogP contribution < -0.4 is 5.32 Å². The average molecular weight is 237 g/mol.